The third kappa shape index (κ3) is 2.79. The van der Waals surface area contributed by atoms with Gasteiger partial charge in [-0.1, -0.05) is 24.8 Å². The molecule has 1 aliphatic rings. The molecule has 1 amide bonds. The number of alkyl carbamates (subject to hydrolysis) is 1. The molecular formula is C12H13NO2S. The number of rotatable bonds is 2. The van der Waals surface area contributed by atoms with Crippen LogP contribution in [0.25, 0.3) is 0 Å². The Balaban J connectivity index is 2.04. The van der Waals surface area contributed by atoms with E-state index < -0.39 is 6.09 Å². The van der Waals surface area contributed by atoms with E-state index in [1.807, 2.05) is 30.3 Å². The Bertz CT molecular complexity index is 391. The number of hydrogen-bond donors (Lipinski definition) is 1. The maximum atomic E-state index is 11.1. The van der Waals surface area contributed by atoms with Crippen molar-refractivity contribution in [2.45, 2.75) is 16.6 Å². The molecule has 1 aromatic carbocycles. The van der Waals surface area contributed by atoms with Gasteiger partial charge >= 0.3 is 6.09 Å². The third-order valence-corrected chi connectivity index (χ3v) is 3.64. The zero-order valence-corrected chi connectivity index (χ0v) is 9.63. The van der Waals surface area contributed by atoms with E-state index in [0.717, 1.165) is 12.1 Å². The monoisotopic (exact) mass is 235 g/mol. The normalized spacial score (nSPS) is 20.9. The molecule has 1 atom stereocenters. The first-order valence-electron chi connectivity index (χ1n) is 5.10. The molecule has 16 heavy (non-hydrogen) atoms. The number of benzene rings is 1. The molecule has 1 fully saturated rings. The first kappa shape index (κ1) is 11.1. The molecule has 0 aromatic heterocycles. The molecule has 1 saturated heterocycles. The molecule has 0 spiro atoms. The van der Waals surface area contributed by atoms with E-state index in [1.54, 1.807) is 11.8 Å². The second kappa shape index (κ2) is 5.07. The van der Waals surface area contributed by atoms with Gasteiger partial charge < -0.3 is 4.74 Å². The van der Waals surface area contributed by atoms with Crippen LogP contribution in [0.15, 0.2) is 47.5 Å². The lowest BCUT2D eigenvalue weighted by Crippen LogP contribution is -2.23. The predicted octanol–water partition coefficient (Wildman–Crippen LogP) is 2.79. The molecule has 1 N–H and O–H groups in total. The Hall–Kier alpha value is -1.42. The number of cyclic esters (lactones) is 1. The van der Waals surface area contributed by atoms with Crippen LogP contribution in [0.4, 0.5) is 4.79 Å². The molecule has 84 valence electrons. The summed E-state index contributed by atoms with van der Waals surface area (Å²) in [4.78, 5) is 12.3. The summed E-state index contributed by atoms with van der Waals surface area (Å²) in [6.45, 7) is 4.31. The Morgan fingerprint density at radius 2 is 2.12 bits per heavy atom. The van der Waals surface area contributed by atoms with Crippen molar-refractivity contribution in [1.82, 2.24) is 5.32 Å². The van der Waals surface area contributed by atoms with E-state index in [9.17, 15) is 4.79 Å². The second-order valence-corrected chi connectivity index (χ2v) is 4.77. The van der Waals surface area contributed by atoms with Gasteiger partial charge in [-0.25, -0.2) is 4.79 Å². The smallest absolute Gasteiger partial charge is 0.411 e. The molecule has 0 saturated carbocycles. The highest BCUT2D eigenvalue weighted by molar-refractivity contribution is 8.00. The summed E-state index contributed by atoms with van der Waals surface area (Å²) >= 11 is 1.69. The minimum absolute atomic E-state index is 0.175. The Labute approximate surface area is 98.9 Å². The molecule has 4 heteroatoms. The minimum Gasteiger partial charge on any atom is -0.449 e. The largest absolute Gasteiger partial charge is 0.449 e. The van der Waals surface area contributed by atoms with Gasteiger partial charge in [0.15, 0.2) is 0 Å². The molecule has 0 bridgehead atoms. The molecule has 2 rings (SSSR count). The zero-order chi connectivity index (χ0) is 11.4. The molecule has 0 radical (unpaired) electrons. The van der Waals surface area contributed by atoms with E-state index in [2.05, 4.69) is 11.9 Å². The van der Waals surface area contributed by atoms with Gasteiger partial charge in [0.2, 0.25) is 0 Å². The summed E-state index contributed by atoms with van der Waals surface area (Å²) in [5, 5.41) is 2.81. The average molecular weight is 235 g/mol. The number of carbonyl (C=O) groups is 1. The van der Waals surface area contributed by atoms with E-state index in [0.29, 0.717) is 6.61 Å². The first-order valence-corrected chi connectivity index (χ1v) is 5.98. The second-order valence-electron chi connectivity index (χ2n) is 3.49. The fourth-order valence-electron chi connectivity index (χ4n) is 1.47. The van der Waals surface area contributed by atoms with Crippen molar-refractivity contribution < 1.29 is 9.53 Å². The van der Waals surface area contributed by atoms with Crippen molar-refractivity contribution in [3.63, 3.8) is 0 Å². The van der Waals surface area contributed by atoms with E-state index in [1.165, 1.54) is 4.90 Å². The minimum atomic E-state index is -0.402. The van der Waals surface area contributed by atoms with E-state index >= 15 is 0 Å². The molecule has 3 nitrogen and oxygen atoms in total. The average Bonchev–Trinajstić information content (AvgIpc) is 2.43. The van der Waals surface area contributed by atoms with Crippen LogP contribution in [-0.4, -0.2) is 18.0 Å². The van der Waals surface area contributed by atoms with Crippen LogP contribution in [0, 0.1) is 0 Å². The first-order chi connectivity index (χ1) is 7.75. The fourth-order valence-corrected chi connectivity index (χ4v) is 2.53. The predicted molar refractivity (Wildman–Crippen MR) is 64.3 cm³/mol. The quantitative estimate of drug-likeness (QED) is 0.856. The van der Waals surface area contributed by atoms with Crippen LogP contribution >= 0.6 is 11.8 Å². The van der Waals surface area contributed by atoms with Crippen molar-refractivity contribution in [3.05, 3.63) is 42.6 Å². The lowest BCUT2D eigenvalue weighted by atomic mass is 10.2. The van der Waals surface area contributed by atoms with Crippen molar-refractivity contribution >= 4 is 17.9 Å². The fraction of sp³-hybridized carbons (Fsp3) is 0.250. The maximum absolute atomic E-state index is 11.1. The molecule has 1 aliphatic heterocycles. The van der Waals surface area contributed by atoms with Crippen LogP contribution in [0.1, 0.15) is 6.42 Å². The molecule has 0 aliphatic carbocycles. The number of ether oxygens (including phenoxy) is 1. The summed E-state index contributed by atoms with van der Waals surface area (Å²) in [5.41, 5.74) is 0.719. The number of thioether (sulfide) groups is 1. The van der Waals surface area contributed by atoms with Crippen LogP contribution in [0.3, 0.4) is 0 Å². The number of nitrogens with one attached hydrogen (secondary N) is 1. The van der Waals surface area contributed by atoms with Crippen LogP contribution < -0.4 is 5.32 Å². The van der Waals surface area contributed by atoms with Gasteiger partial charge in [0, 0.05) is 10.6 Å². The van der Waals surface area contributed by atoms with Crippen LogP contribution in [0.5, 0.6) is 0 Å². The topological polar surface area (TPSA) is 38.3 Å². The molecule has 1 aromatic rings. The lowest BCUT2D eigenvalue weighted by molar-refractivity contribution is 0.154. The van der Waals surface area contributed by atoms with Gasteiger partial charge in [0.1, 0.15) is 0 Å². The molecular weight excluding hydrogens is 222 g/mol. The summed E-state index contributed by atoms with van der Waals surface area (Å²) < 4.78 is 4.92. The van der Waals surface area contributed by atoms with Crippen molar-refractivity contribution in [2.75, 3.05) is 6.61 Å². The van der Waals surface area contributed by atoms with Gasteiger partial charge in [-0.2, -0.15) is 0 Å². The van der Waals surface area contributed by atoms with Crippen molar-refractivity contribution in [2.24, 2.45) is 0 Å². The van der Waals surface area contributed by atoms with Crippen molar-refractivity contribution in [1.29, 1.82) is 0 Å². The summed E-state index contributed by atoms with van der Waals surface area (Å²) in [6, 6.07) is 10.1. The zero-order valence-electron chi connectivity index (χ0n) is 8.81. The van der Waals surface area contributed by atoms with Crippen LogP contribution in [0.2, 0.25) is 0 Å². The van der Waals surface area contributed by atoms with Gasteiger partial charge in [0.05, 0.1) is 11.9 Å². The van der Waals surface area contributed by atoms with Gasteiger partial charge in [0.25, 0.3) is 0 Å². The highest BCUT2D eigenvalue weighted by Gasteiger charge is 2.20. The SMILES string of the molecule is C=C1NC(=O)OCCC1Sc1ccccc1. The highest BCUT2D eigenvalue weighted by Crippen LogP contribution is 2.29. The van der Waals surface area contributed by atoms with E-state index in [-0.39, 0.29) is 5.25 Å². The standard InChI is InChI=1S/C12H13NO2S/c1-9-11(7-8-15-12(14)13-9)16-10-5-3-2-4-6-10/h2-6,11H,1,7-8H2,(H,13,14). The summed E-state index contributed by atoms with van der Waals surface area (Å²) in [5.74, 6) is 0. The molecule has 1 heterocycles. The van der Waals surface area contributed by atoms with Gasteiger partial charge in [-0.3, -0.25) is 5.32 Å². The maximum Gasteiger partial charge on any atom is 0.411 e. The van der Waals surface area contributed by atoms with Crippen LogP contribution in [-0.2, 0) is 4.74 Å². The summed E-state index contributed by atoms with van der Waals surface area (Å²) in [7, 11) is 0. The number of amides is 1. The molecule has 1 unspecified atom stereocenters. The highest BCUT2D eigenvalue weighted by atomic mass is 32.2. The third-order valence-electron chi connectivity index (χ3n) is 2.29. The van der Waals surface area contributed by atoms with E-state index in [4.69, 9.17) is 4.74 Å². The van der Waals surface area contributed by atoms with Crippen molar-refractivity contribution in [3.8, 4) is 0 Å². The van der Waals surface area contributed by atoms with Gasteiger partial charge in [-0.05, 0) is 18.6 Å². The number of carbonyl (C=O) groups excluding carboxylic acids is 1. The Morgan fingerprint density at radius 3 is 2.88 bits per heavy atom. The summed E-state index contributed by atoms with van der Waals surface area (Å²) in [6.07, 6.45) is 0.387. The Kier molecular flexibility index (Phi) is 3.51. The lowest BCUT2D eigenvalue weighted by Gasteiger charge is -2.14. The Morgan fingerprint density at radius 1 is 1.38 bits per heavy atom. The number of hydrogen-bond acceptors (Lipinski definition) is 3. The van der Waals surface area contributed by atoms with Gasteiger partial charge in [-0.15, -0.1) is 11.8 Å².